The summed E-state index contributed by atoms with van der Waals surface area (Å²) in [7, 11) is 3.91. The molecule has 0 aromatic carbocycles. The van der Waals surface area contributed by atoms with E-state index < -0.39 is 0 Å². The number of pyridine rings is 1. The molecule has 0 spiro atoms. The predicted octanol–water partition coefficient (Wildman–Crippen LogP) is 2.23. The Morgan fingerprint density at radius 3 is 2.53 bits per heavy atom. The highest BCUT2D eigenvalue weighted by atomic mass is 15.3. The maximum atomic E-state index is 4.41. The Kier molecular flexibility index (Phi) is 2.99. The standard InChI is InChI=1S/C12H17N5/c1-8-5-9(2)13-10(6-8)14-11-7-12(16-15-11)17(3)4/h5-7H,1-4H3,(H2,13,14,15,16). The van der Waals surface area contributed by atoms with E-state index in [0.29, 0.717) is 0 Å². The molecule has 0 fully saturated rings. The molecule has 0 unspecified atom stereocenters. The molecule has 5 nitrogen and oxygen atoms in total. The largest absolute Gasteiger partial charge is 0.361 e. The van der Waals surface area contributed by atoms with Gasteiger partial charge in [-0.2, -0.15) is 5.10 Å². The second kappa shape index (κ2) is 4.45. The van der Waals surface area contributed by atoms with E-state index in [4.69, 9.17) is 0 Å². The van der Waals surface area contributed by atoms with Crippen molar-refractivity contribution in [1.82, 2.24) is 15.2 Å². The fourth-order valence-corrected chi connectivity index (χ4v) is 1.65. The Morgan fingerprint density at radius 1 is 1.18 bits per heavy atom. The first-order valence-corrected chi connectivity index (χ1v) is 5.49. The van der Waals surface area contributed by atoms with Gasteiger partial charge in [-0.05, 0) is 31.5 Å². The van der Waals surface area contributed by atoms with Crippen LogP contribution >= 0.6 is 0 Å². The molecule has 0 aliphatic carbocycles. The van der Waals surface area contributed by atoms with Crippen molar-refractivity contribution in [3.8, 4) is 0 Å². The molecule has 0 saturated carbocycles. The van der Waals surface area contributed by atoms with Gasteiger partial charge in [0.2, 0.25) is 0 Å². The second-order valence-corrected chi connectivity index (χ2v) is 4.33. The average Bonchev–Trinajstić information content (AvgIpc) is 2.64. The van der Waals surface area contributed by atoms with Crippen molar-refractivity contribution in [3.63, 3.8) is 0 Å². The lowest BCUT2D eigenvalue weighted by Crippen LogP contribution is -2.08. The number of aromatic nitrogens is 3. The normalized spacial score (nSPS) is 10.4. The van der Waals surface area contributed by atoms with Gasteiger partial charge in [0.15, 0.2) is 5.82 Å². The monoisotopic (exact) mass is 231 g/mol. The number of aromatic amines is 1. The Labute approximate surface area is 101 Å². The Hall–Kier alpha value is -2.04. The lowest BCUT2D eigenvalue weighted by Gasteiger charge is -2.06. The van der Waals surface area contributed by atoms with Crippen LogP contribution in [-0.2, 0) is 0 Å². The fourth-order valence-electron chi connectivity index (χ4n) is 1.65. The number of H-pyrrole nitrogens is 1. The van der Waals surface area contributed by atoms with Crippen LogP contribution in [0.4, 0.5) is 17.5 Å². The van der Waals surface area contributed by atoms with E-state index in [0.717, 1.165) is 23.1 Å². The van der Waals surface area contributed by atoms with Gasteiger partial charge in [-0.1, -0.05) is 0 Å². The van der Waals surface area contributed by atoms with Gasteiger partial charge in [0.05, 0.1) is 0 Å². The third-order valence-electron chi connectivity index (χ3n) is 2.38. The Balaban J connectivity index is 2.19. The topological polar surface area (TPSA) is 56.8 Å². The zero-order valence-corrected chi connectivity index (χ0v) is 10.6. The summed E-state index contributed by atoms with van der Waals surface area (Å²) >= 11 is 0. The zero-order chi connectivity index (χ0) is 12.4. The lowest BCUT2D eigenvalue weighted by molar-refractivity contribution is 1.01. The molecule has 2 rings (SSSR count). The van der Waals surface area contributed by atoms with Crippen LogP contribution in [0.15, 0.2) is 18.2 Å². The fraction of sp³-hybridized carbons (Fsp3) is 0.333. The van der Waals surface area contributed by atoms with E-state index in [9.17, 15) is 0 Å². The van der Waals surface area contributed by atoms with Gasteiger partial charge in [-0.15, -0.1) is 0 Å². The molecule has 0 bridgehead atoms. The first kappa shape index (κ1) is 11.4. The number of aryl methyl sites for hydroxylation is 2. The minimum atomic E-state index is 0.830. The highest BCUT2D eigenvalue weighted by Crippen LogP contribution is 2.18. The molecule has 17 heavy (non-hydrogen) atoms. The second-order valence-electron chi connectivity index (χ2n) is 4.33. The number of nitrogens with one attached hydrogen (secondary N) is 2. The van der Waals surface area contributed by atoms with Crippen LogP contribution in [0, 0.1) is 13.8 Å². The average molecular weight is 231 g/mol. The van der Waals surface area contributed by atoms with Crippen molar-refractivity contribution in [2.24, 2.45) is 0 Å². The summed E-state index contributed by atoms with van der Waals surface area (Å²) in [6.07, 6.45) is 0. The molecule has 0 radical (unpaired) electrons. The third-order valence-corrected chi connectivity index (χ3v) is 2.38. The van der Waals surface area contributed by atoms with Gasteiger partial charge < -0.3 is 10.2 Å². The molecule has 0 saturated heterocycles. The van der Waals surface area contributed by atoms with Crippen molar-refractivity contribution >= 4 is 17.5 Å². The molecular formula is C12H17N5. The van der Waals surface area contributed by atoms with Gasteiger partial charge in [-0.25, -0.2) is 4.98 Å². The van der Waals surface area contributed by atoms with Crippen LogP contribution < -0.4 is 10.2 Å². The maximum absolute atomic E-state index is 4.41. The van der Waals surface area contributed by atoms with E-state index in [1.54, 1.807) is 0 Å². The molecular weight excluding hydrogens is 214 g/mol. The summed E-state index contributed by atoms with van der Waals surface area (Å²) in [6.45, 7) is 4.04. The van der Waals surface area contributed by atoms with E-state index in [1.807, 2.05) is 44.1 Å². The number of nitrogens with zero attached hydrogens (tertiary/aromatic N) is 3. The molecule has 90 valence electrons. The SMILES string of the molecule is Cc1cc(C)nc(Nc2cc(N(C)C)n[nH]2)c1. The number of rotatable bonds is 3. The zero-order valence-electron chi connectivity index (χ0n) is 10.6. The summed E-state index contributed by atoms with van der Waals surface area (Å²) in [5.41, 5.74) is 2.19. The van der Waals surface area contributed by atoms with Gasteiger partial charge in [0.25, 0.3) is 0 Å². The van der Waals surface area contributed by atoms with Gasteiger partial charge in [-0.3, -0.25) is 5.10 Å². The predicted molar refractivity (Wildman–Crippen MR) is 69.9 cm³/mol. The molecule has 0 atom stereocenters. The first-order valence-electron chi connectivity index (χ1n) is 5.49. The minimum absolute atomic E-state index is 0.830. The Bertz CT molecular complexity index is 495. The lowest BCUT2D eigenvalue weighted by atomic mass is 10.2. The van der Waals surface area contributed by atoms with Crippen LogP contribution in [0.5, 0.6) is 0 Å². The van der Waals surface area contributed by atoms with Crippen LogP contribution in [0.2, 0.25) is 0 Å². The van der Waals surface area contributed by atoms with Crippen LogP contribution in [0.3, 0.4) is 0 Å². The molecule has 2 aromatic rings. The van der Waals surface area contributed by atoms with E-state index in [2.05, 4.69) is 27.4 Å². The highest BCUT2D eigenvalue weighted by Gasteiger charge is 2.04. The van der Waals surface area contributed by atoms with Crippen LogP contribution in [0.25, 0.3) is 0 Å². The van der Waals surface area contributed by atoms with Crippen LogP contribution in [0.1, 0.15) is 11.3 Å². The van der Waals surface area contributed by atoms with Crippen molar-refractivity contribution in [1.29, 1.82) is 0 Å². The van der Waals surface area contributed by atoms with Crippen molar-refractivity contribution in [2.75, 3.05) is 24.3 Å². The van der Waals surface area contributed by atoms with Crippen molar-refractivity contribution in [3.05, 3.63) is 29.5 Å². The number of hydrogen-bond donors (Lipinski definition) is 2. The van der Waals surface area contributed by atoms with Gasteiger partial charge in [0.1, 0.15) is 11.6 Å². The van der Waals surface area contributed by atoms with E-state index >= 15 is 0 Å². The summed E-state index contributed by atoms with van der Waals surface area (Å²) in [6, 6.07) is 5.99. The molecule has 2 heterocycles. The quantitative estimate of drug-likeness (QED) is 0.850. The molecule has 0 aliphatic rings. The van der Waals surface area contributed by atoms with Crippen molar-refractivity contribution < 1.29 is 0 Å². The minimum Gasteiger partial charge on any atom is -0.361 e. The van der Waals surface area contributed by atoms with E-state index in [1.165, 1.54) is 5.56 Å². The summed E-state index contributed by atoms with van der Waals surface area (Å²) in [5.74, 6) is 2.56. The molecule has 5 heteroatoms. The summed E-state index contributed by atoms with van der Waals surface area (Å²) in [4.78, 5) is 6.35. The highest BCUT2D eigenvalue weighted by molar-refractivity contribution is 5.57. The van der Waals surface area contributed by atoms with Gasteiger partial charge in [0, 0.05) is 25.9 Å². The summed E-state index contributed by atoms with van der Waals surface area (Å²) in [5, 5.41) is 10.3. The molecule has 0 amide bonds. The molecule has 2 N–H and O–H groups in total. The van der Waals surface area contributed by atoms with Crippen molar-refractivity contribution in [2.45, 2.75) is 13.8 Å². The van der Waals surface area contributed by atoms with E-state index in [-0.39, 0.29) is 0 Å². The maximum Gasteiger partial charge on any atom is 0.152 e. The third kappa shape index (κ3) is 2.75. The number of anilines is 3. The molecule has 0 aliphatic heterocycles. The number of hydrogen-bond acceptors (Lipinski definition) is 4. The summed E-state index contributed by atoms with van der Waals surface area (Å²) < 4.78 is 0. The van der Waals surface area contributed by atoms with Gasteiger partial charge >= 0.3 is 0 Å². The van der Waals surface area contributed by atoms with Crippen LogP contribution in [-0.4, -0.2) is 29.3 Å². The molecule has 2 aromatic heterocycles. The Morgan fingerprint density at radius 2 is 1.94 bits per heavy atom. The first-order chi connectivity index (χ1) is 8.04. The smallest absolute Gasteiger partial charge is 0.152 e.